The van der Waals surface area contributed by atoms with Crippen LogP contribution in [0.4, 0.5) is 0 Å². The van der Waals surface area contributed by atoms with Gasteiger partial charge in [0, 0.05) is 7.05 Å². The number of aliphatic imine (C=N–C) groups is 1. The van der Waals surface area contributed by atoms with Crippen LogP contribution in [0.2, 0.25) is 0 Å². The zero-order valence-corrected chi connectivity index (χ0v) is 4.55. The highest BCUT2D eigenvalue weighted by Gasteiger charge is 1.97. The van der Waals surface area contributed by atoms with Gasteiger partial charge in [0.2, 0.25) is 0 Å². The predicted molar refractivity (Wildman–Crippen MR) is 29.1 cm³/mol. The third-order valence-corrected chi connectivity index (χ3v) is 0.858. The molecular formula is C5H8N2. The highest BCUT2D eigenvalue weighted by molar-refractivity contribution is 5.70. The molecular weight excluding hydrogens is 88.1 g/mol. The van der Waals surface area contributed by atoms with Crippen molar-refractivity contribution in [1.82, 2.24) is 0 Å². The van der Waals surface area contributed by atoms with Gasteiger partial charge in [0.15, 0.2) is 6.34 Å². The molecule has 2 heteroatoms. The van der Waals surface area contributed by atoms with Crippen molar-refractivity contribution < 1.29 is 4.58 Å². The minimum atomic E-state index is 0.338. The molecule has 2 nitrogen and oxygen atoms in total. The van der Waals surface area contributed by atoms with Gasteiger partial charge in [-0.25, -0.2) is 0 Å². The molecule has 0 aliphatic carbocycles. The first-order valence-corrected chi connectivity index (χ1v) is 2.32. The van der Waals surface area contributed by atoms with Crippen molar-refractivity contribution >= 4 is 12.6 Å². The van der Waals surface area contributed by atoms with Crippen molar-refractivity contribution in [2.75, 3.05) is 7.05 Å². The van der Waals surface area contributed by atoms with Gasteiger partial charge in [-0.2, -0.15) is 4.99 Å². The van der Waals surface area contributed by atoms with Crippen molar-refractivity contribution in [3.63, 3.8) is 0 Å². The van der Waals surface area contributed by atoms with E-state index in [1.165, 1.54) is 0 Å². The monoisotopic (exact) mass is 96.1 g/mol. The van der Waals surface area contributed by atoms with Gasteiger partial charge in [-0.05, 0) is 13.1 Å². The second-order valence-electron chi connectivity index (χ2n) is 1.73. The van der Waals surface area contributed by atoms with Crippen molar-refractivity contribution in [2.24, 2.45) is 4.99 Å². The largest absolute Gasteiger partial charge is 0.399 e. The molecule has 0 radical (unpaired) electrons. The summed E-state index contributed by atoms with van der Waals surface area (Å²) in [6.45, 7) is 2.02. The summed E-state index contributed by atoms with van der Waals surface area (Å²) in [6, 6.07) is 0.338. The van der Waals surface area contributed by atoms with E-state index in [9.17, 15) is 0 Å². The van der Waals surface area contributed by atoms with Gasteiger partial charge < -0.3 is 4.58 Å². The number of hydrogen-bond donors (Lipinski definition) is 0. The maximum Gasteiger partial charge on any atom is 0.174 e. The summed E-state index contributed by atoms with van der Waals surface area (Å²) in [4.78, 5) is 3.94. The Bertz CT molecular complexity index is 124. The summed E-state index contributed by atoms with van der Waals surface area (Å²) in [7, 11) is 1.92. The van der Waals surface area contributed by atoms with Crippen LogP contribution in [0.5, 0.6) is 0 Å². The van der Waals surface area contributed by atoms with Crippen molar-refractivity contribution in [3.05, 3.63) is 0 Å². The van der Waals surface area contributed by atoms with E-state index in [1.807, 2.05) is 24.8 Å². The topological polar surface area (TPSA) is 15.4 Å². The molecule has 7 heavy (non-hydrogen) atoms. The lowest BCUT2D eigenvalue weighted by atomic mass is 10.4. The molecule has 0 aromatic carbocycles. The van der Waals surface area contributed by atoms with Crippen LogP contribution in [0.1, 0.15) is 6.92 Å². The van der Waals surface area contributed by atoms with E-state index in [2.05, 4.69) is 11.3 Å². The molecule has 0 fully saturated rings. The number of hydrogen-bond acceptors (Lipinski definition) is 1. The number of rotatable bonds is 0. The van der Waals surface area contributed by atoms with E-state index in [-0.39, 0.29) is 0 Å². The average molecular weight is 96.1 g/mol. The standard InChI is InChI=1S/C5H8N2/c1-5-3-7(2)4-6-5/h3,5H,1-2H3. The molecule has 0 aromatic heterocycles. The average Bonchev–Trinajstić information content (AvgIpc) is 1.87. The first-order chi connectivity index (χ1) is 3.29. The first kappa shape index (κ1) is 4.50. The predicted octanol–water partition coefficient (Wildman–Crippen LogP) is 0.00690. The van der Waals surface area contributed by atoms with Crippen LogP contribution in [0, 0.1) is 0 Å². The van der Waals surface area contributed by atoms with Crippen LogP contribution in [-0.4, -0.2) is 30.2 Å². The Morgan fingerprint density at radius 1 is 1.86 bits per heavy atom. The fraction of sp³-hybridized carbons (Fsp3) is 0.600. The van der Waals surface area contributed by atoms with Crippen LogP contribution in [0.25, 0.3) is 0 Å². The van der Waals surface area contributed by atoms with E-state index < -0.39 is 0 Å². The van der Waals surface area contributed by atoms with Gasteiger partial charge in [-0.1, -0.05) is 0 Å². The van der Waals surface area contributed by atoms with E-state index in [1.54, 1.807) is 0 Å². The minimum Gasteiger partial charge on any atom is -0.399 e. The lowest BCUT2D eigenvalue weighted by Gasteiger charge is -1.87. The second-order valence-corrected chi connectivity index (χ2v) is 1.73. The molecule has 0 aromatic rings. The Hall–Kier alpha value is -0.660. The highest BCUT2D eigenvalue weighted by Crippen LogP contribution is 1.87. The normalized spacial score (nSPS) is 28.3. The molecule has 1 rings (SSSR count). The van der Waals surface area contributed by atoms with Crippen molar-refractivity contribution in [2.45, 2.75) is 13.0 Å². The lowest BCUT2D eigenvalue weighted by Crippen LogP contribution is -2.01. The summed E-state index contributed by atoms with van der Waals surface area (Å²) < 4.78 is 1.84. The van der Waals surface area contributed by atoms with Crippen LogP contribution in [0.3, 0.4) is 0 Å². The Labute approximate surface area is 43.2 Å². The maximum atomic E-state index is 3.94. The second kappa shape index (κ2) is 1.45. The highest BCUT2D eigenvalue weighted by atomic mass is 15.1. The zero-order valence-electron chi connectivity index (χ0n) is 4.55. The van der Waals surface area contributed by atoms with Gasteiger partial charge in [0.05, 0.1) is 0 Å². The fourth-order valence-electron chi connectivity index (χ4n) is 0.572. The fourth-order valence-corrected chi connectivity index (χ4v) is 0.572. The zero-order chi connectivity index (χ0) is 5.28. The lowest BCUT2D eigenvalue weighted by molar-refractivity contribution is -0.351. The quantitative estimate of drug-likeness (QED) is 0.298. The van der Waals surface area contributed by atoms with E-state index in [0.29, 0.717) is 6.04 Å². The maximum absolute atomic E-state index is 3.94. The van der Waals surface area contributed by atoms with Crippen molar-refractivity contribution in [1.29, 1.82) is 0 Å². The van der Waals surface area contributed by atoms with Crippen LogP contribution in [0.15, 0.2) is 4.99 Å². The molecule has 1 aliphatic rings. The molecule has 0 saturated carbocycles. The van der Waals surface area contributed by atoms with Crippen LogP contribution in [-0.2, 0) is 0 Å². The first-order valence-electron chi connectivity index (χ1n) is 2.32. The third kappa shape index (κ3) is 0.856. The molecule has 1 heterocycles. The summed E-state index contributed by atoms with van der Waals surface area (Å²) in [5.41, 5.74) is 0. The van der Waals surface area contributed by atoms with Gasteiger partial charge >= 0.3 is 0 Å². The number of nitrogens with zero attached hydrogens (tertiary/aromatic N) is 2. The molecule has 0 amide bonds. The summed E-state index contributed by atoms with van der Waals surface area (Å²) in [6.07, 6.45) is 4.77. The third-order valence-electron chi connectivity index (χ3n) is 0.858. The Morgan fingerprint density at radius 3 is 2.71 bits per heavy atom. The molecule has 0 saturated heterocycles. The van der Waals surface area contributed by atoms with Crippen LogP contribution >= 0.6 is 0 Å². The molecule has 1 unspecified atom stereocenters. The van der Waals surface area contributed by atoms with Gasteiger partial charge in [-0.15, -0.1) is 0 Å². The molecule has 1 atom stereocenters. The summed E-state index contributed by atoms with van der Waals surface area (Å²) in [5, 5.41) is 0. The SMILES string of the molecule is CC1C=[N+](C)[C-]=N1. The molecule has 0 N–H and O–H groups in total. The molecule has 38 valence electrons. The minimum absolute atomic E-state index is 0.338. The Balaban J connectivity index is 2.69. The van der Waals surface area contributed by atoms with E-state index in [4.69, 9.17) is 0 Å². The van der Waals surface area contributed by atoms with Gasteiger partial charge in [0.25, 0.3) is 0 Å². The molecule has 0 spiro atoms. The van der Waals surface area contributed by atoms with Crippen LogP contribution < -0.4 is 0 Å². The smallest absolute Gasteiger partial charge is 0.174 e. The molecule has 0 bridgehead atoms. The van der Waals surface area contributed by atoms with Gasteiger partial charge in [0.1, 0.15) is 6.04 Å². The van der Waals surface area contributed by atoms with E-state index in [0.717, 1.165) is 0 Å². The summed E-state index contributed by atoms with van der Waals surface area (Å²) >= 11 is 0. The van der Waals surface area contributed by atoms with Crippen molar-refractivity contribution in [3.8, 4) is 0 Å². The summed E-state index contributed by atoms with van der Waals surface area (Å²) in [5.74, 6) is 0. The Morgan fingerprint density at radius 2 is 2.57 bits per heavy atom. The molecule has 1 aliphatic heterocycles. The van der Waals surface area contributed by atoms with Gasteiger partial charge in [-0.3, -0.25) is 0 Å². The van der Waals surface area contributed by atoms with E-state index >= 15 is 0 Å². The Kier molecular flexibility index (Phi) is 0.929.